The summed E-state index contributed by atoms with van der Waals surface area (Å²) in [5.41, 5.74) is 2.52. The van der Waals surface area contributed by atoms with Gasteiger partial charge in [0.1, 0.15) is 6.10 Å². The summed E-state index contributed by atoms with van der Waals surface area (Å²) in [6.45, 7) is 12.5. The zero-order chi connectivity index (χ0) is 22.4. The van der Waals surface area contributed by atoms with Crippen LogP contribution in [0.25, 0.3) is 0 Å². The first-order valence-electron chi connectivity index (χ1n) is 13.2. The second-order valence-corrected chi connectivity index (χ2v) is 13.4. The highest BCUT2D eigenvalue weighted by molar-refractivity contribution is 14.1. The Morgan fingerprint density at radius 2 is 1.87 bits per heavy atom. The topological polar surface area (TPSA) is 26.3 Å². The first-order valence-corrected chi connectivity index (χ1v) is 14.3. The highest BCUT2D eigenvalue weighted by atomic mass is 127. The van der Waals surface area contributed by atoms with E-state index in [-0.39, 0.29) is 10.1 Å². The standard InChI is InChI=1S/C28H45IO2/c1-18(2)7-6-8-19(3)23-11-12-24-22-10-9-20-17-21(31-26(29)30)13-15-27(20,4)25(22)14-16-28(23,24)5/h9,18-19,21-25H,6-8,10-17H2,1-5H3/t19-,21?,22+,23-,24+,25+,27+,28-/m1/s1. The maximum absolute atomic E-state index is 11.5. The van der Waals surface area contributed by atoms with Crippen LogP contribution in [-0.2, 0) is 4.74 Å². The van der Waals surface area contributed by atoms with Crippen molar-refractivity contribution in [3.05, 3.63) is 11.6 Å². The van der Waals surface area contributed by atoms with E-state index in [4.69, 9.17) is 4.74 Å². The van der Waals surface area contributed by atoms with E-state index in [0.29, 0.717) is 10.8 Å². The lowest BCUT2D eigenvalue weighted by atomic mass is 9.47. The van der Waals surface area contributed by atoms with E-state index in [9.17, 15) is 4.79 Å². The van der Waals surface area contributed by atoms with Crippen LogP contribution in [0.15, 0.2) is 11.6 Å². The van der Waals surface area contributed by atoms with Crippen molar-refractivity contribution >= 4 is 26.6 Å². The van der Waals surface area contributed by atoms with Crippen LogP contribution in [0.1, 0.15) is 105 Å². The molecule has 0 bridgehead atoms. The van der Waals surface area contributed by atoms with E-state index in [2.05, 4.69) is 40.7 Å². The number of ether oxygens (including phenoxy) is 1. The molecule has 1 unspecified atom stereocenters. The van der Waals surface area contributed by atoms with Gasteiger partial charge in [0, 0.05) is 6.42 Å². The van der Waals surface area contributed by atoms with E-state index in [0.717, 1.165) is 48.3 Å². The first kappa shape index (κ1) is 24.1. The summed E-state index contributed by atoms with van der Waals surface area (Å²) in [7, 11) is 0. The summed E-state index contributed by atoms with van der Waals surface area (Å²) in [4.78, 5) is 11.5. The number of hydrogen-bond acceptors (Lipinski definition) is 2. The van der Waals surface area contributed by atoms with Crippen molar-refractivity contribution in [1.29, 1.82) is 0 Å². The molecule has 0 heterocycles. The van der Waals surface area contributed by atoms with Gasteiger partial charge in [0.25, 0.3) is 0 Å². The van der Waals surface area contributed by atoms with Gasteiger partial charge < -0.3 is 4.74 Å². The van der Waals surface area contributed by atoms with Gasteiger partial charge in [-0.2, -0.15) is 0 Å². The Morgan fingerprint density at radius 1 is 1.10 bits per heavy atom. The molecule has 0 saturated heterocycles. The lowest BCUT2D eigenvalue weighted by Gasteiger charge is -2.58. The molecule has 0 aliphatic heterocycles. The quantitative estimate of drug-likeness (QED) is 0.191. The maximum atomic E-state index is 11.5. The Labute approximate surface area is 204 Å². The largest absolute Gasteiger partial charge is 0.455 e. The molecule has 4 aliphatic rings. The molecule has 0 amide bonds. The van der Waals surface area contributed by atoms with Crippen LogP contribution in [-0.4, -0.2) is 10.1 Å². The number of fused-ring (bicyclic) bond motifs is 5. The molecule has 4 aliphatic carbocycles. The smallest absolute Gasteiger partial charge is 0.367 e. The predicted molar refractivity (Wildman–Crippen MR) is 137 cm³/mol. The third-order valence-electron chi connectivity index (χ3n) is 10.5. The van der Waals surface area contributed by atoms with Crippen LogP contribution in [0.4, 0.5) is 4.79 Å². The van der Waals surface area contributed by atoms with Gasteiger partial charge >= 0.3 is 3.98 Å². The van der Waals surface area contributed by atoms with Crippen molar-refractivity contribution in [3.8, 4) is 0 Å². The van der Waals surface area contributed by atoms with Crippen molar-refractivity contribution in [2.24, 2.45) is 46.3 Å². The zero-order valence-corrected chi connectivity index (χ0v) is 22.7. The molecule has 0 radical (unpaired) electrons. The maximum Gasteiger partial charge on any atom is 0.367 e. The van der Waals surface area contributed by atoms with Crippen LogP contribution in [0.3, 0.4) is 0 Å². The second kappa shape index (κ2) is 9.29. The normalized spacial score (nSPS) is 42.9. The summed E-state index contributed by atoms with van der Waals surface area (Å²) in [6.07, 6.45) is 17.2. The van der Waals surface area contributed by atoms with E-state index >= 15 is 0 Å². The molecule has 2 nitrogen and oxygen atoms in total. The van der Waals surface area contributed by atoms with Crippen LogP contribution in [0, 0.1) is 46.3 Å². The van der Waals surface area contributed by atoms with E-state index in [1.54, 1.807) is 28.2 Å². The molecule has 0 aromatic carbocycles. The Balaban J connectivity index is 1.47. The Kier molecular flexibility index (Phi) is 7.22. The van der Waals surface area contributed by atoms with Gasteiger partial charge in [-0.1, -0.05) is 65.5 Å². The van der Waals surface area contributed by atoms with Gasteiger partial charge in [-0.3, -0.25) is 0 Å². The second-order valence-electron chi connectivity index (χ2n) is 12.5. The van der Waals surface area contributed by atoms with Crippen molar-refractivity contribution in [2.45, 2.75) is 111 Å². The molecule has 176 valence electrons. The number of carbonyl (C=O) groups is 1. The highest BCUT2D eigenvalue weighted by Crippen LogP contribution is 2.67. The molecule has 3 heteroatoms. The summed E-state index contributed by atoms with van der Waals surface area (Å²) < 4.78 is 5.46. The van der Waals surface area contributed by atoms with E-state index in [1.165, 1.54) is 57.8 Å². The monoisotopic (exact) mass is 540 g/mol. The number of halogens is 1. The number of allylic oxidation sites excluding steroid dienone is 1. The Hall–Kier alpha value is -0.0600. The molecule has 3 fully saturated rings. The minimum atomic E-state index is -0.145. The van der Waals surface area contributed by atoms with Crippen LogP contribution < -0.4 is 0 Å². The first-order chi connectivity index (χ1) is 14.6. The van der Waals surface area contributed by atoms with Crippen molar-refractivity contribution in [3.63, 3.8) is 0 Å². The van der Waals surface area contributed by atoms with Crippen molar-refractivity contribution < 1.29 is 9.53 Å². The Bertz CT molecular complexity index is 699. The predicted octanol–water partition coefficient (Wildman–Crippen LogP) is 8.97. The lowest BCUT2D eigenvalue weighted by Crippen LogP contribution is -2.51. The third-order valence-corrected chi connectivity index (χ3v) is 10.8. The van der Waals surface area contributed by atoms with Crippen LogP contribution in [0.5, 0.6) is 0 Å². The molecule has 0 N–H and O–H groups in total. The van der Waals surface area contributed by atoms with Gasteiger partial charge in [0.15, 0.2) is 0 Å². The molecular formula is C28H45IO2. The molecular weight excluding hydrogens is 495 g/mol. The van der Waals surface area contributed by atoms with E-state index < -0.39 is 0 Å². The molecule has 0 spiro atoms. The van der Waals surface area contributed by atoms with Gasteiger partial charge in [-0.15, -0.1) is 0 Å². The Morgan fingerprint density at radius 3 is 2.58 bits per heavy atom. The number of hydrogen-bond donors (Lipinski definition) is 0. The van der Waals surface area contributed by atoms with E-state index in [1.807, 2.05) is 0 Å². The van der Waals surface area contributed by atoms with Crippen LogP contribution in [0.2, 0.25) is 0 Å². The lowest BCUT2D eigenvalue weighted by molar-refractivity contribution is -0.0572. The fourth-order valence-corrected chi connectivity index (χ4v) is 9.24. The molecule has 3 saturated carbocycles. The summed E-state index contributed by atoms with van der Waals surface area (Å²) in [5.74, 6) is 5.30. The summed E-state index contributed by atoms with van der Waals surface area (Å²) >= 11 is 1.78. The minimum Gasteiger partial charge on any atom is -0.455 e. The molecule has 4 rings (SSSR count). The van der Waals surface area contributed by atoms with Crippen molar-refractivity contribution in [2.75, 3.05) is 0 Å². The van der Waals surface area contributed by atoms with Crippen LogP contribution >= 0.6 is 22.6 Å². The van der Waals surface area contributed by atoms with Gasteiger partial charge in [-0.05, 0) is 91.3 Å². The van der Waals surface area contributed by atoms with Gasteiger partial charge in [-0.25, -0.2) is 4.79 Å². The summed E-state index contributed by atoms with van der Waals surface area (Å²) in [6, 6.07) is 0. The average molecular weight is 541 g/mol. The minimum absolute atomic E-state index is 0.108. The zero-order valence-electron chi connectivity index (χ0n) is 20.6. The molecule has 0 aromatic heterocycles. The fourth-order valence-electron chi connectivity index (χ4n) is 8.88. The number of carbonyl (C=O) groups excluding carboxylic acids is 1. The summed E-state index contributed by atoms with van der Waals surface area (Å²) in [5, 5.41) is 0. The number of rotatable bonds is 6. The highest BCUT2D eigenvalue weighted by Gasteiger charge is 2.59. The molecule has 0 aromatic rings. The molecule has 8 atom stereocenters. The van der Waals surface area contributed by atoms with Gasteiger partial charge in [0.2, 0.25) is 0 Å². The van der Waals surface area contributed by atoms with Crippen molar-refractivity contribution in [1.82, 2.24) is 0 Å². The third kappa shape index (κ3) is 4.52. The fraction of sp³-hybridized carbons (Fsp3) is 0.893. The van der Waals surface area contributed by atoms with Gasteiger partial charge in [0.05, 0.1) is 22.6 Å². The average Bonchev–Trinajstić information content (AvgIpc) is 3.05. The SMILES string of the molecule is CC(C)CCC[C@@H](C)[C@H]1CC[C@H]2[C@@H]3CC=C4CC(OC(=O)I)CC[C@]4(C)[C@H]3CC[C@]12C. The molecule has 31 heavy (non-hydrogen) atoms.